The van der Waals surface area contributed by atoms with E-state index in [-0.39, 0.29) is 5.91 Å². The minimum atomic E-state index is -0.186. The lowest BCUT2D eigenvalue weighted by molar-refractivity contribution is 0.0949. The van der Waals surface area contributed by atoms with Crippen molar-refractivity contribution >= 4 is 39.3 Å². The Morgan fingerprint density at radius 3 is 2.61 bits per heavy atom. The van der Waals surface area contributed by atoms with Crippen molar-refractivity contribution in [3.05, 3.63) is 64.8 Å². The molecule has 0 radical (unpaired) electrons. The second-order valence-electron chi connectivity index (χ2n) is 6.77. The molecule has 0 saturated carbocycles. The zero-order valence-electron chi connectivity index (χ0n) is 15.8. The number of halogens is 1. The van der Waals surface area contributed by atoms with Crippen molar-refractivity contribution in [2.75, 3.05) is 20.1 Å². The molecule has 0 spiro atoms. The number of hydrogen-bond donors (Lipinski definition) is 3. The number of aryl methyl sites for hydroxylation is 1. The first-order valence-electron chi connectivity index (χ1n) is 9.19. The highest BCUT2D eigenvalue weighted by Crippen LogP contribution is 2.34. The summed E-state index contributed by atoms with van der Waals surface area (Å²) in [6, 6.07) is 15.5. The van der Waals surface area contributed by atoms with Crippen LogP contribution in [0.2, 0.25) is 5.02 Å². The number of pyridine rings is 1. The van der Waals surface area contributed by atoms with Gasteiger partial charge in [0.1, 0.15) is 5.69 Å². The van der Waals surface area contributed by atoms with E-state index in [1.165, 1.54) is 0 Å². The number of nitrogens with one attached hydrogen (secondary N) is 3. The number of carbonyl (C=O) groups is 1. The molecule has 28 heavy (non-hydrogen) atoms. The van der Waals surface area contributed by atoms with Gasteiger partial charge in [0.15, 0.2) is 0 Å². The quantitative estimate of drug-likeness (QED) is 0.443. The molecule has 2 heterocycles. The first kappa shape index (κ1) is 18.5. The number of amides is 1. The number of para-hydroxylation sites is 1. The predicted molar refractivity (Wildman–Crippen MR) is 115 cm³/mol. The van der Waals surface area contributed by atoms with Gasteiger partial charge in [-0.15, -0.1) is 0 Å². The third-order valence-corrected chi connectivity index (χ3v) is 5.10. The van der Waals surface area contributed by atoms with Crippen molar-refractivity contribution in [3.63, 3.8) is 0 Å². The molecular formula is C22H21ClN4O. The zero-order valence-corrected chi connectivity index (χ0v) is 16.5. The highest BCUT2D eigenvalue weighted by molar-refractivity contribution is 6.30. The molecule has 0 aliphatic carbocycles. The van der Waals surface area contributed by atoms with Crippen LogP contribution in [-0.2, 0) is 0 Å². The number of aromatic amines is 1. The maximum atomic E-state index is 12.7. The van der Waals surface area contributed by atoms with Crippen LogP contribution in [0.15, 0.2) is 48.5 Å². The average molecular weight is 393 g/mol. The summed E-state index contributed by atoms with van der Waals surface area (Å²) in [6.07, 6.45) is 0. The lowest BCUT2D eigenvalue weighted by Crippen LogP contribution is -2.31. The number of H-pyrrole nitrogens is 1. The van der Waals surface area contributed by atoms with Crippen LogP contribution in [0.3, 0.4) is 0 Å². The molecule has 0 aliphatic heterocycles. The van der Waals surface area contributed by atoms with Gasteiger partial charge in [0.25, 0.3) is 5.91 Å². The molecule has 4 rings (SSSR count). The van der Waals surface area contributed by atoms with Crippen LogP contribution in [0.1, 0.15) is 16.1 Å². The van der Waals surface area contributed by atoms with E-state index in [1.807, 2.05) is 43.4 Å². The Hall–Kier alpha value is -2.89. The number of carbonyl (C=O) groups excluding carboxylic acids is 1. The Labute approximate surface area is 168 Å². The molecule has 2 aromatic heterocycles. The van der Waals surface area contributed by atoms with Gasteiger partial charge in [-0.3, -0.25) is 4.79 Å². The zero-order chi connectivity index (χ0) is 19.7. The van der Waals surface area contributed by atoms with E-state index in [2.05, 4.69) is 34.7 Å². The van der Waals surface area contributed by atoms with E-state index in [1.54, 1.807) is 0 Å². The first-order valence-corrected chi connectivity index (χ1v) is 9.57. The summed E-state index contributed by atoms with van der Waals surface area (Å²) in [5.41, 5.74) is 5.17. The monoisotopic (exact) mass is 392 g/mol. The molecule has 2 aromatic carbocycles. The summed E-state index contributed by atoms with van der Waals surface area (Å²) in [4.78, 5) is 20.9. The topological polar surface area (TPSA) is 69.8 Å². The maximum absolute atomic E-state index is 12.7. The number of nitrogens with zero attached hydrogens (tertiary/aromatic N) is 1. The van der Waals surface area contributed by atoms with Crippen LogP contribution in [0.25, 0.3) is 33.1 Å². The second kappa shape index (κ2) is 7.62. The molecule has 6 heteroatoms. The number of hydrogen-bond acceptors (Lipinski definition) is 3. The lowest BCUT2D eigenvalue weighted by Gasteiger charge is -2.08. The molecule has 0 bridgehead atoms. The van der Waals surface area contributed by atoms with Gasteiger partial charge in [-0.25, -0.2) is 4.98 Å². The van der Waals surface area contributed by atoms with Crippen LogP contribution in [0.4, 0.5) is 0 Å². The fourth-order valence-electron chi connectivity index (χ4n) is 3.39. The average Bonchev–Trinajstić information content (AvgIpc) is 3.08. The second-order valence-corrected chi connectivity index (χ2v) is 7.20. The summed E-state index contributed by atoms with van der Waals surface area (Å²) in [5, 5.41) is 8.65. The van der Waals surface area contributed by atoms with E-state index in [0.29, 0.717) is 23.8 Å². The van der Waals surface area contributed by atoms with Gasteiger partial charge in [-0.1, -0.05) is 41.9 Å². The predicted octanol–water partition coefficient (Wildman–Crippen LogP) is 4.29. The SMILES string of the molecule is CNCCNC(=O)c1cc2c([nH]c3c(C)cccc32)c(-c2ccc(Cl)cc2)n1. The number of rotatable bonds is 5. The van der Waals surface area contributed by atoms with Gasteiger partial charge in [0.05, 0.1) is 11.2 Å². The van der Waals surface area contributed by atoms with E-state index >= 15 is 0 Å². The molecular weight excluding hydrogens is 372 g/mol. The molecule has 0 atom stereocenters. The minimum Gasteiger partial charge on any atom is -0.353 e. The van der Waals surface area contributed by atoms with Gasteiger partial charge in [-0.2, -0.15) is 0 Å². The van der Waals surface area contributed by atoms with Crippen LogP contribution < -0.4 is 10.6 Å². The molecule has 0 saturated heterocycles. The standard InChI is InChI=1S/C22H21ClN4O/c1-13-4-3-5-16-17-12-18(22(28)25-11-10-24-2)26-20(21(17)27-19(13)16)14-6-8-15(23)9-7-14/h3-9,12,24,27H,10-11H2,1-2H3,(H,25,28). The van der Waals surface area contributed by atoms with Crippen LogP contribution in [-0.4, -0.2) is 36.0 Å². The fraction of sp³-hybridized carbons (Fsp3) is 0.182. The Morgan fingerprint density at radius 1 is 1.07 bits per heavy atom. The Kier molecular flexibility index (Phi) is 5.03. The summed E-state index contributed by atoms with van der Waals surface area (Å²) in [7, 11) is 1.85. The van der Waals surface area contributed by atoms with Gasteiger partial charge >= 0.3 is 0 Å². The van der Waals surface area contributed by atoms with Gasteiger partial charge < -0.3 is 15.6 Å². The number of fused-ring (bicyclic) bond motifs is 3. The largest absolute Gasteiger partial charge is 0.353 e. The Balaban J connectivity index is 1.94. The van der Waals surface area contributed by atoms with Crippen molar-refractivity contribution in [2.45, 2.75) is 6.92 Å². The molecule has 1 amide bonds. The molecule has 5 nitrogen and oxygen atoms in total. The van der Waals surface area contributed by atoms with Gasteiger partial charge in [0.2, 0.25) is 0 Å². The summed E-state index contributed by atoms with van der Waals surface area (Å²) >= 11 is 6.06. The van der Waals surface area contributed by atoms with Crippen molar-refractivity contribution in [2.24, 2.45) is 0 Å². The minimum absolute atomic E-state index is 0.186. The molecule has 3 N–H and O–H groups in total. The first-order chi connectivity index (χ1) is 13.6. The van der Waals surface area contributed by atoms with Crippen molar-refractivity contribution in [3.8, 4) is 11.3 Å². The summed E-state index contributed by atoms with van der Waals surface area (Å²) in [6.45, 7) is 3.31. The van der Waals surface area contributed by atoms with Crippen LogP contribution >= 0.6 is 11.6 Å². The van der Waals surface area contributed by atoms with Crippen molar-refractivity contribution in [1.29, 1.82) is 0 Å². The molecule has 0 aliphatic rings. The summed E-state index contributed by atoms with van der Waals surface area (Å²) in [5.74, 6) is -0.186. The number of aromatic nitrogens is 2. The molecule has 0 fully saturated rings. The van der Waals surface area contributed by atoms with E-state index < -0.39 is 0 Å². The normalized spacial score (nSPS) is 11.2. The highest BCUT2D eigenvalue weighted by atomic mass is 35.5. The van der Waals surface area contributed by atoms with Crippen molar-refractivity contribution in [1.82, 2.24) is 20.6 Å². The van der Waals surface area contributed by atoms with Crippen LogP contribution in [0, 0.1) is 6.92 Å². The van der Waals surface area contributed by atoms with E-state index in [9.17, 15) is 4.79 Å². The van der Waals surface area contributed by atoms with E-state index in [0.717, 1.165) is 38.6 Å². The Morgan fingerprint density at radius 2 is 1.86 bits per heavy atom. The molecule has 4 aromatic rings. The third-order valence-electron chi connectivity index (χ3n) is 4.84. The lowest BCUT2D eigenvalue weighted by atomic mass is 10.1. The van der Waals surface area contributed by atoms with E-state index in [4.69, 9.17) is 16.6 Å². The maximum Gasteiger partial charge on any atom is 0.269 e. The summed E-state index contributed by atoms with van der Waals surface area (Å²) < 4.78 is 0. The van der Waals surface area contributed by atoms with Gasteiger partial charge in [-0.05, 0) is 37.7 Å². The Bertz CT molecular complexity index is 1160. The molecule has 142 valence electrons. The molecule has 0 unspecified atom stereocenters. The smallest absolute Gasteiger partial charge is 0.269 e. The van der Waals surface area contributed by atoms with Gasteiger partial charge in [0, 0.05) is 40.0 Å². The number of likely N-dealkylation sites (N-methyl/N-ethyl adjacent to an activating group) is 1. The third kappa shape index (κ3) is 3.35. The van der Waals surface area contributed by atoms with Crippen LogP contribution in [0.5, 0.6) is 0 Å². The number of benzene rings is 2. The van der Waals surface area contributed by atoms with Crippen molar-refractivity contribution < 1.29 is 4.79 Å². The highest BCUT2D eigenvalue weighted by Gasteiger charge is 2.17. The fourth-order valence-corrected chi connectivity index (χ4v) is 3.52.